The fourth-order valence-corrected chi connectivity index (χ4v) is 3.12. The maximum atomic E-state index is 3.56. The van der Waals surface area contributed by atoms with E-state index in [9.17, 15) is 0 Å². The van der Waals surface area contributed by atoms with E-state index in [1.807, 2.05) is 11.8 Å². The summed E-state index contributed by atoms with van der Waals surface area (Å²) < 4.78 is 0. The van der Waals surface area contributed by atoms with Crippen molar-refractivity contribution in [3.8, 4) is 0 Å². The van der Waals surface area contributed by atoms with Gasteiger partial charge in [0, 0.05) is 31.9 Å². The average Bonchev–Trinajstić information content (AvgIpc) is 2.88. The van der Waals surface area contributed by atoms with Crippen LogP contribution in [-0.2, 0) is 0 Å². The van der Waals surface area contributed by atoms with E-state index >= 15 is 0 Å². The van der Waals surface area contributed by atoms with Crippen LogP contribution in [-0.4, -0.2) is 49.6 Å². The van der Waals surface area contributed by atoms with Crippen molar-refractivity contribution in [2.45, 2.75) is 45.4 Å². The minimum atomic E-state index is 0.994. The number of unbranched alkanes of at least 4 members (excludes halogenated alkanes) is 1. The highest BCUT2D eigenvalue weighted by Crippen LogP contribution is 2.25. The molecule has 0 radical (unpaired) electrons. The van der Waals surface area contributed by atoms with Crippen molar-refractivity contribution in [2.24, 2.45) is 5.92 Å². The monoisotopic (exact) mass is 272 g/mol. The second-order valence-corrected chi connectivity index (χ2v) is 6.53. The van der Waals surface area contributed by atoms with E-state index in [0.29, 0.717) is 0 Å². The predicted octanol–water partition coefficient (Wildman–Crippen LogP) is 3.23. The Labute approximate surface area is 118 Å². The number of hydrogen-bond donors (Lipinski definition) is 1. The maximum absolute atomic E-state index is 3.56. The molecule has 1 saturated carbocycles. The zero-order valence-electron chi connectivity index (χ0n) is 12.4. The summed E-state index contributed by atoms with van der Waals surface area (Å²) in [7, 11) is 0. The standard InChI is InChI=1S/C15H32N2S/c1-3-4-11-17(12-9-16-10-13-18-2)14-15-7-5-6-8-15/h15-16H,3-14H2,1-2H3. The lowest BCUT2D eigenvalue weighted by atomic mass is 10.1. The molecule has 0 amide bonds. The topological polar surface area (TPSA) is 15.3 Å². The van der Waals surface area contributed by atoms with Crippen molar-refractivity contribution in [3.63, 3.8) is 0 Å². The molecule has 0 bridgehead atoms. The minimum Gasteiger partial charge on any atom is -0.315 e. The summed E-state index contributed by atoms with van der Waals surface area (Å²) in [6.07, 6.45) is 10.7. The first-order valence-electron chi connectivity index (χ1n) is 7.78. The van der Waals surface area contributed by atoms with Crippen LogP contribution in [0.2, 0.25) is 0 Å². The van der Waals surface area contributed by atoms with Crippen molar-refractivity contribution < 1.29 is 0 Å². The number of rotatable bonds is 11. The Balaban J connectivity index is 2.13. The highest BCUT2D eigenvalue weighted by atomic mass is 32.2. The molecule has 0 aromatic carbocycles. The van der Waals surface area contributed by atoms with E-state index in [1.54, 1.807) is 0 Å². The lowest BCUT2D eigenvalue weighted by Gasteiger charge is -2.25. The molecule has 0 heterocycles. The van der Waals surface area contributed by atoms with E-state index in [1.165, 1.54) is 63.9 Å². The van der Waals surface area contributed by atoms with Crippen molar-refractivity contribution >= 4 is 11.8 Å². The molecule has 3 heteroatoms. The van der Waals surface area contributed by atoms with Crippen LogP contribution in [0.3, 0.4) is 0 Å². The quantitative estimate of drug-likeness (QED) is 0.581. The second-order valence-electron chi connectivity index (χ2n) is 5.55. The van der Waals surface area contributed by atoms with Crippen LogP contribution < -0.4 is 5.32 Å². The first kappa shape index (κ1) is 16.3. The molecule has 1 N–H and O–H groups in total. The molecule has 0 aliphatic heterocycles. The van der Waals surface area contributed by atoms with Gasteiger partial charge in [0.05, 0.1) is 0 Å². The molecule has 0 aromatic heterocycles. The molecule has 1 fully saturated rings. The number of nitrogens with one attached hydrogen (secondary N) is 1. The molecule has 1 aliphatic carbocycles. The summed E-state index contributed by atoms with van der Waals surface area (Å²) in [5, 5.41) is 3.56. The summed E-state index contributed by atoms with van der Waals surface area (Å²) in [6.45, 7) is 8.51. The Morgan fingerprint density at radius 2 is 1.94 bits per heavy atom. The van der Waals surface area contributed by atoms with Gasteiger partial charge in [-0.15, -0.1) is 0 Å². The van der Waals surface area contributed by atoms with E-state index in [2.05, 4.69) is 23.4 Å². The van der Waals surface area contributed by atoms with Gasteiger partial charge in [0.2, 0.25) is 0 Å². The molecule has 1 rings (SSSR count). The van der Waals surface area contributed by atoms with Crippen LogP contribution in [0.15, 0.2) is 0 Å². The number of hydrogen-bond acceptors (Lipinski definition) is 3. The van der Waals surface area contributed by atoms with Crippen LogP contribution in [0.1, 0.15) is 45.4 Å². The number of nitrogens with zero attached hydrogens (tertiary/aromatic N) is 1. The van der Waals surface area contributed by atoms with Gasteiger partial charge in [-0.25, -0.2) is 0 Å². The van der Waals surface area contributed by atoms with Crippen molar-refractivity contribution in [1.29, 1.82) is 0 Å². The fourth-order valence-electron chi connectivity index (χ4n) is 2.77. The molecule has 1 aliphatic rings. The van der Waals surface area contributed by atoms with Crippen molar-refractivity contribution in [2.75, 3.05) is 44.7 Å². The summed E-state index contributed by atoms with van der Waals surface area (Å²) in [5.41, 5.74) is 0. The molecule has 2 nitrogen and oxygen atoms in total. The Bertz CT molecular complexity index is 181. The second kappa shape index (κ2) is 11.1. The molecule has 0 aromatic rings. The maximum Gasteiger partial charge on any atom is 0.0107 e. The number of thioether (sulfide) groups is 1. The zero-order chi connectivity index (χ0) is 13.1. The van der Waals surface area contributed by atoms with E-state index in [4.69, 9.17) is 0 Å². The zero-order valence-corrected chi connectivity index (χ0v) is 13.2. The summed E-state index contributed by atoms with van der Waals surface area (Å²) in [6, 6.07) is 0. The third-order valence-electron chi connectivity index (χ3n) is 3.91. The summed E-state index contributed by atoms with van der Waals surface area (Å²) in [5.74, 6) is 2.23. The summed E-state index contributed by atoms with van der Waals surface area (Å²) in [4.78, 5) is 2.70. The average molecular weight is 273 g/mol. The molecule has 0 unspecified atom stereocenters. The van der Waals surface area contributed by atoms with Gasteiger partial charge < -0.3 is 10.2 Å². The Morgan fingerprint density at radius 3 is 2.61 bits per heavy atom. The Hall–Kier alpha value is 0.270. The highest BCUT2D eigenvalue weighted by Gasteiger charge is 2.17. The van der Waals surface area contributed by atoms with Crippen LogP contribution in [0.5, 0.6) is 0 Å². The lowest BCUT2D eigenvalue weighted by molar-refractivity contribution is 0.229. The molecular formula is C15H32N2S. The minimum absolute atomic E-state index is 0.994. The third-order valence-corrected chi connectivity index (χ3v) is 4.52. The molecule has 0 atom stereocenters. The van der Waals surface area contributed by atoms with Gasteiger partial charge in [-0.05, 0) is 38.0 Å². The first-order valence-corrected chi connectivity index (χ1v) is 9.18. The molecule has 0 saturated heterocycles. The Kier molecular flexibility index (Phi) is 10.1. The van der Waals surface area contributed by atoms with Crippen LogP contribution >= 0.6 is 11.8 Å². The Morgan fingerprint density at radius 1 is 1.17 bits per heavy atom. The van der Waals surface area contributed by atoms with E-state index in [-0.39, 0.29) is 0 Å². The van der Waals surface area contributed by atoms with Gasteiger partial charge in [0.1, 0.15) is 0 Å². The van der Waals surface area contributed by atoms with Crippen LogP contribution in [0, 0.1) is 5.92 Å². The smallest absolute Gasteiger partial charge is 0.0107 e. The SMILES string of the molecule is CCCCN(CCNCCSC)CC1CCCC1. The highest BCUT2D eigenvalue weighted by molar-refractivity contribution is 7.98. The van der Waals surface area contributed by atoms with Gasteiger partial charge in [-0.3, -0.25) is 0 Å². The van der Waals surface area contributed by atoms with Crippen LogP contribution in [0.4, 0.5) is 0 Å². The lowest BCUT2D eigenvalue weighted by Crippen LogP contribution is -2.36. The van der Waals surface area contributed by atoms with Crippen LogP contribution in [0.25, 0.3) is 0 Å². The van der Waals surface area contributed by atoms with Crippen molar-refractivity contribution in [1.82, 2.24) is 10.2 Å². The molecule has 0 spiro atoms. The predicted molar refractivity (Wildman–Crippen MR) is 84.6 cm³/mol. The fraction of sp³-hybridized carbons (Fsp3) is 1.00. The third kappa shape index (κ3) is 7.65. The van der Waals surface area contributed by atoms with Gasteiger partial charge in [0.15, 0.2) is 0 Å². The first-order chi connectivity index (χ1) is 8.86. The van der Waals surface area contributed by atoms with Crippen molar-refractivity contribution in [3.05, 3.63) is 0 Å². The van der Waals surface area contributed by atoms with Gasteiger partial charge >= 0.3 is 0 Å². The normalized spacial score (nSPS) is 16.8. The largest absolute Gasteiger partial charge is 0.315 e. The molecule has 108 valence electrons. The van der Waals surface area contributed by atoms with E-state index in [0.717, 1.165) is 19.0 Å². The molecule has 18 heavy (non-hydrogen) atoms. The van der Waals surface area contributed by atoms with Gasteiger partial charge in [-0.1, -0.05) is 26.2 Å². The van der Waals surface area contributed by atoms with Gasteiger partial charge in [-0.2, -0.15) is 11.8 Å². The summed E-state index contributed by atoms with van der Waals surface area (Å²) >= 11 is 1.92. The van der Waals surface area contributed by atoms with Gasteiger partial charge in [0.25, 0.3) is 0 Å². The molecular weight excluding hydrogens is 240 g/mol. The van der Waals surface area contributed by atoms with E-state index < -0.39 is 0 Å².